The first kappa shape index (κ1) is 8.34. The van der Waals surface area contributed by atoms with Crippen molar-refractivity contribution in [3.05, 3.63) is 18.6 Å². The van der Waals surface area contributed by atoms with Gasteiger partial charge in [-0.1, -0.05) is 32.4 Å². The Balaban J connectivity index is 2.08. The van der Waals surface area contributed by atoms with Gasteiger partial charge in [-0.05, 0) is 42.9 Å². The van der Waals surface area contributed by atoms with Crippen LogP contribution in [0.25, 0.3) is 0 Å². The SMILES string of the molecule is CC1(C)[CH]C2(CC=CC2)CCC1. The Morgan fingerprint density at radius 3 is 2.25 bits per heavy atom. The summed E-state index contributed by atoms with van der Waals surface area (Å²) in [5.74, 6) is 0. The fourth-order valence-corrected chi connectivity index (χ4v) is 2.91. The summed E-state index contributed by atoms with van der Waals surface area (Å²) in [4.78, 5) is 0. The van der Waals surface area contributed by atoms with Crippen LogP contribution in [0.5, 0.6) is 0 Å². The third-order valence-corrected chi connectivity index (χ3v) is 3.41. The molecule has 0 N–H and O–H groups in total. The lowest BCUT2D eigenvalue weighted by Crippen LogP contribution is -2.32. The van der Waals surface area contributed by atoms with Gasteiger partial charge in [0.15, 0.2) is 0 Å². The van der Waals surface area contributed by atoms with Gasteiger partial charge in [0, 0.05) is 0 Å². The van der Waals surface area contributed by atoms with Gasteiger partial charge in [-0.2, -0.15) is 0 Å². The van der Waals surface area contributed by atoms with Gasteiger partial charge in [-0.25, -0.2) is 0 Å². The van der Waals surface area contributed by atoms with Crippen LogP contribution in [0.2, 0.25) is 0 Å². The molecular formula is C12H19. The van der Waals surface area contributed by atoms with Crippen molar-refractivity contribution in [2.24, 2.45) is 10.8 Å². The van der Waals surface area contributed by atoms with Crippen molar-refractivity contribution < 1.29 is 0 Å². The summed E-state index contributed by atoms with van der Waals surface area (Å²) in [6, 6.07) is 0. The maximum Gasteiger partial charge on any atom is -0.0192 e. The van der Waals surface area contributed by atoms with Crippen molar-refractivity contribution in [3.8, 4) is 0 Å². The van der Waals surface area contributed by atoms with E-state index in [1.165, 1.54) is 32.1 Å². The Hall–Kier alpha value is -0.260. The molecule has 0 heteroatoms. The minimum atomic E-state index is 0.490. The highest BCUT2D eigenvalue weighted by Crippen LogP contribution is 2.51. The van der Waals surface area contributed by atoms with Crippen LogP contribution in [0.3, 0.4) is 0 Å². The lowest BCUT2D eigenvalue weighted by atomic mass is 9.62. The molecule has 2 rings (SSSR count). The van der Waals surface area contributed by atoms with Crippen LogP contribution in [0, 0.1) is 17.3 Å². The Labute approximate surface area is 76.1 Å². The third-order valence-electron chi connectivity index (χ3n) is 3.41. The fourth-order valence-electron chi connectivity index (χ4n) is 2.91. The van der Waals surface area contributed by atoms with Crippen molar-refractivity contribution in [1.29, 1.82) is 0 Å². The molecule has 0 nitrogen and oxygen atoms in total. The Morgan fingerprint density at radius 1 is 1.00 bits per heavy atom. The van der Waals surface area contributed by atoms with Gasteiger partial charge in [0.2, 0.25) is 0 Å². The van der Waals surface area contributed by atoms with Crippen molar-refractivity contribution in [2.75, 3.05) is 0 Å². The molecule has 0 aromatic rings. The van der Waals surface area contributed by atoms with E-state index < -0.39 is 0 Å². The zero-order valence-corrected chi connectivity index (χ0v) is 8.27. The molecule has 0 saturated heterocycles. The van der Waals surface area contributed by atoms with Crippen LogP contribution in [-0.2, 0) is 0 Å². The summed E-state index contributed by atoms with van der Waals surface area (Å²) in [6.45, 7) is 4.76. The summed E-state index contributed by atoms with van der Waals surface area (Å²) in [5, 5.41) is 0. The first-order valence-corrected chi connectivity index (χ1v) is 5.14. The van der Waals surface area contributed by atoms with E-state index in [9.17, 15) is 0 Å². The van der Waals surface area contributed by atoms with Crippen molar-refractivity contribution >= 4 is 0 Å². The summed E-state index contributed by atoms with van der Waals surface area (Å²) in [6.07, 6.45) is 14.2. The van der Waals surface area contributed by atoms with E-state index >= 15 is 0 Å². The fraction of sp³-hybridized carbons (Fsp3) is 0.750. The number of rotatable bonds is 0. The highest BCUT2D eigenvalue weighted by Gasteiger charge is 2.40. The molecule has 0 aromatic heterocycles. The van der Waals surface area contributed by atoms with E-state index in [1.807, 2.05) is 0 Å². The normalized spacial score (nSPS) is 31.2. The molecular weight excluding hydrogens is 144 g/mol. The van der Waals surface area contributed by atoms with Crippen LogP contribution in [0.15, 0.2) is 12.2 Å². The van der Waals surface area contributed by atoms with Crippen LogP contribution in [-0.4, -0.2) is 0 Å². The molecule has 0 unspecified atom stereocenters. The Bertz CT molecular complexity index is 190. The average Bonchev–Trinajstić information content (AvgIpc) is 2.34. The van der Waals surface area contributed by atoms with E-state index in [0.717, 1.165) is 0 Å². The quantitative estimate of drug-likeness (QED) is 0.477. The van der Waals surface area contributed by atoms with Gasteiger partial charge in [-0.15, -0.1) is 0 Å². The van der Waals surface area contributed by atoms with Gasteiger partial charge < -0.3 is 0 Å². The van der Waals surface area contributed by atoms with Crippen molar-refractivity contribution in [3.63, 3.8) is 0 Å². The number of hydrogen-bond donors (Lipinski definition) is 0. The number of hydrogen-bond acceptors (Lipinski definition) is 0. The summed E-state index contributed by atoms with van der Waals surface area (Å²) in [7, 11) is 0. The van der Waals surface area contributed by atoms with Crippen LogP contribution < -0.4 is 0 Å². The monoisotopic (exact) mass is 163 g/mol. The Morgan fingerprint density at radius 2 is 1.67 bits per heavy atom. The van der Waals surface area contributed by atoms with Gasteiger partial charge in [-0.3, -0.25) is 0 Å². The molecule has 0 aliphatic heterocycles. The first-order valence-electron chi connectivity index (χ1n) is 5.14. The minimum absolute atomic E-state index is 0.490. The third kappa shape index (κ3) is 1.44. The largest absolute Gasteiger partial charge is 0.0879 e. The summed E-state index contributed by atoms with van der Waals surface area (Å²) >= 11 is 0. The van der Waals surface area contributed by atoms with Crippen LogP contribution in [0.4, 0.5) is 0 Å². The van der Waals surface area contributed by atoms with Gasteiger partial charge >= 0.3 is 0 Å². The second-order valence-electron chi connectivity index (χ2n) is 5.23. The van der Waals surface area contributed by atoms with E-state index in [-0.39, 0.29) is 0 Å². The molecule has 0 heterocycles. The number of allylic oxidation sites excluding steroid dienone is 2. The minimum Gasteiger partial charge on any atom is -0.0879 e. The summed E-state index contributed by atoms with van der Waals surface area (Å²) < 4.78 is 0. The second-order valence-corrected chi connectivity index (χ2v) is 5.23. The predicted molar refractivity (Wildman–Crippen MR) is 52.7 cm³/mol. The molecule has 2 aliphatic carbocycles. The topological polar surface area (TPSA) is 0 Å². The molecule has 12 heavy (non-hydrogen) atoms. The zero-order chi connectivity index (χ0) is 8.66. The van der Waals surface area contributed by atoms with Gasteiger partial charge in [0.25, 0.3) is 0 Å². The average molecular weight is 163 g/mol. The lowest BCUT2D eigenvalue weighted by molar-refractivity contribution is 0.182. The Kier molecular flexibility index (Phi) is 1.82. The summed E-state index contributed by atoms with van der Waals surface area (Å²) in [5.41, 5.74) is 1.06. The zero-order valence-electron chi connectivity index (χ0n) is 8.27. The van der Waals surface area contributed by atoms with E-state index in [4.69, 9.17) is 0 Å². The van der Waals surface area contributed by atoms with Crippen LogP contribution in [0.1, 0.15) is 46.0 Å². The standard InChI is InChI=1S/C12H19/c1-11(2)6-5-9-12(10-11)7-3-4-8-12/h3-4,10H,5-9H2,1-2H3. The maximum absolute atomic E-state index is 2.63. The van der Waals surface area contributed by atoms with E-state index in [1.54, 1.807) is 0 Å². The molecule has 67 valence electrons. The van der Waals surface area contributed by atoms with Gasteiger partial charge in [0.05, 0.1) is 0 Å². The highest BCUT2D eigenvalue weighted by molar-refractivity contribution is 5.13. The molecule has 1 spiro atoms. The smallest absolute Gasteiger partial charge is 0.0192 e. The van der Waals surface area contributed by atoms with Crippen molar-refractivity contribution in [2.45, 2.75) is 46.0 Å². The molecule has 2 aliphatic rings. The molecule has 0 atom stereocenters. The molecule has 0 bridgehead atoms. The molecule has 1 radical (unpaired) electrons. The van der Waals surface area contributed by atoms with E-state index in [0.29, 0.717) is 10.8 Å². The maximum atomic E-state index is 2.63. The van der Waals surface area contributed by atoms with Crippen LogP contribution >= 0.6 is 0 Å². The first-order chi connectivity index (χ1) is 5.62. The molecule has 0 amide bonds. The molecule has 0 aromatic carbocycles. The highest BCUT2D eigenvalue weighted by atomic mass is 14.4. The lowest BCUT2D eigenvalue weighted by Gasteiger charge is -2.42. The molecule has 1 fully saturated rings. The van der Waals surface area contributed by atoms with E-state index in [2.05, 4.69) is 32.4 Å². The van der Waals surface area contributed by atoms with Crippen molar-refractivity contribution in [1.82, 2.24) is 0 Å². The molecule has 1 saturated carbocycles. The second kappa shape index (κ2) is 2.61. The van der Waals surface area contributed by atoms with Gasteiger partial charge in [0.1, 0.15) is 0 Å². The predicted octanol–water partition coefficient (Wildman–Crippen LogP) is 3.74.